The number of nitrogens with zero attached hydrogens (tertiary/aromatic N) is 1. The van der Waals surface area contributed by atoms with E-state index in [0.717, 1.165) is 11.3 Å². The van der Waals surface area contributed by atoms with Gasteiger partial charge in [-0.15, -0.1) is 0 Å². The van der Waals surface area contributed by atoms with Crippen molar-refractivity contribution in [2.75, 3.05) is 6.61 Å². The van der Waals surface area contributed by atoms with E-state index in [1.165, 1.54) is 0 Å². The first-order valence-corrected chi connectivity index (χ1v) is 9.27. The fourth-order valence-corrected chi connectivity index (χ4v) is 3.18. The maximum Gasteiger partial charge on any atom is 0.310 e. The number of hydrogen-bond donors (Lipinski definition) is 0. The van der Waals surface area contributed by atoms with Crippen LogP contribution in [0.2, 0.25) is 0 Å². The second kappa shape index (κ2) is 8.74. The summed E-state index contributed by atoms with van der Waals surface area (Å²) < 4.78 is 11.4. The minimum atomic E-state index is -0.223. The van der Waals surface area contributed by atoms with E-state index in [4.69, 9.17) is 14.3 Å². The SMILES string of the molecule is C=CCON=C[C@H]1[C@@H](C(=O)OCc2cccc(Oc3ccccc3)c2)C1(C)C. The van der Waals surface area contributed by atoms with E-state index in [0.29, 0.717) is 12.4 Å². The summed E-state index contributed by atoms with van der Waals surface area (Å²) >= 11 is 0. The predicted octanol–water partition coefficient (Wildman–Crippen LogP) is 4.98. The van der Waals surface area contributed by atoms with E-state index < -0.39 is 0 Å². The number of oxime groups is 1. The van der Waals surface area contributed by atoms with Gasteiger partial charge in [-0.3, -0.25) is 4.79 Å². The van der Waals surface area contributed by atoms with Crippen LogP contribution in [-0.4, -0.2) is 18.8 Å². The molecule has 28 heavy (non-hydrogen) atoms. The van der Waals surface area contributed by atoms with Crippen molar-refractivity contribution in [3.8, 4) is 11.5 Å². The van der Waals surface area contributed by atoms with Crippen LogP contribution in [0.3, 0.4) is 0 Å². The number of ether oxygens (including phenoxy) is 2. The second-order valence-electron chi connectivity index (χ2n) is 7.33. The van der Waals surface area contributed by atoms with Crippen molar-refractivity contribution >= 4 is 12.2 Å². The minimum absolute atomic E-state index is 0.0116. The van der Waals surface area contributed by atoms with E-state index in [2.05, 4.69) is 11.7 Å². The molecule has 5 heteroatoms. The molecule has 0 heterocycles. The fraction of sp³-hybridized carbons (Fsp3) is 0.304. The van der Waals surface area contributed by atoms with E-state index >= 15 is 0 Å². The molecule has 1 aliphatic rings. The number of rotatable bonds is 9. The van der Waals surface area contributed by atoms with Gasteiger partial charge in [0.25, 0.3) is 0 Å². The Labute approximate surface area is 165 Å². The van der Waals surface area contributed by atoms with Crippen LogP contribution in [0.5, 0.6) is 11.5 Å². The summed E-state index contributed by atoms with van der Waals surface area (Å²) in [6.07, 6.45) is 3.31. The lowest BCUT2D eigenvalue weighted by atomic mass is 10.1. The van der Waals surface area contributed by atoms with Gasteiger partial charge in [0.1, 0.15) is 24.7 Å². The number of carbonyl (C=O) groups is 1. The highest BCUT2D eigenvalue weighted by Crippen LogP contribution is 2.57. The molecule has 0 unspecified atom stereocenters. The Bertz CT molecular complexity index is 845. The molecule has 1 aliphatic carbocycles. The Balaban J connectivity index is 1.54. The molecular formula is C23H25NO4. The largest absolute Gasteiger partial charge is 0.461 e. The van der Waals surface area contributed by atoms with E-state index in [1.807, 2.05) is 68.4 Å². The molecule has 0 aromatic heterocycles. The highest BCUT2D eigenvalue weighted by Gasteiger charge is 2.62. The third kappa shape index (κ3) is 4.80. The molecule has 1 fully saturated rings. The van der Waals surface area contributed by atoms with E-state index in [-0.39, 0.29) is 29.8 Å². The van der Waals surface area contributed by atoms with Crippen molar-refractivity contribution in [1.82, 2.24) is 0 Å². The first-order chi connectivity index (χ1) is 13.5. The van der Waals surface area contributed by atoms with Gasteiger partial charge in [-0.05, 0) is 35.2 Å². The summed E-state index contributed by atoms with van der Waals surface area (Å²) in [5.41, 5.74) is 0.691. The van der Waals surface area contributed by atoms with Crippen LogP contribution < -0.4 is 4.74 Å². The number of para-hydroxylation sites is 1. The average Bonchev–Trinajstić information content (AvgIpc) is 3.25. The molecule has 0 spiro atoms. The van der Waals surface area contributed by atoms with Crippen molar-refractivity contribution in [2.24, 2.45) is 22.4 Å². The Morgan fingerprint density at radius 1 is 1.14 bits per heavy atom. The van der Waals surface area contributed by atoms with Gasteiger partial charge < -0.3 is 14.3 Å². The lowest BCUT2D eigenvalue weighted by molar-refractivity contribution is -0.147. The quantitative estimate of drug-likeness (QED) is 0.203. The average molecular weight is 379 g/mol. The van der Waals surface area contributed by atoms with Crippen LogP contribution in [0.4, 0.5) is 0 Å². The van der Waals surface area contributed by atoms with Crippen LogP contribution >= 0.6 is 0 Å². The van der Waals surface area contributed by atoms with Gasteiger partial charge in [0, 0.05) is 12.1 Å². The van der Waals surface area contributed by atoms with Crippen LogP contribution in [0.1, 0.15) is 19.4 Å². The van der Waals surface area contributed by atoms with Gasteiger partial charge in [0.15, 0.2) is 0 Å². The Hall–Kier alpha value is -3.08. The molecule has 0 amide bonds. The van der Waals surface area contributed by atoms with Gasteiger partial charge in [0.05, 0.1) is 5.92 Å². The Morgan fingerprint density at radius 2 is 1.89 bits per heavy atom. The summed E-state index contributed by atoms with van der Waals surface area (Å²) in [6, 6.07) is 17.1. The minimum Gasteiger partial charge on any atom is -0.461 e. The number of benzene rings is 2. The van der Waals surface area contributed by atoms with Crippen molar-refractivity contribution in [3.05, 3.63) is 72.8 Å². The van der Waals surface area contributed by atoms with Crippen molar-refractivity contribution < 1.29 is 19.1 Å². The molecule has 2 aromatic carbocycles. The molecule has 0 saturated heterocycles. The molecule has 0 bridgehead atoms. The van der Waals surface area contributed by atoms with Crippen LogP contribution in [0.15, 0.2) is 72.4 Å². The molecule has 3 rings (SSSR count). The molecule has 146 valence electrons. The first-order valence-electron chi connectivity index (χ1n) is 9.27. The van der Waals surface area contributed by atoms with E-state index in [1.54, 1.807) is 12.3 Å². The first kappa shape index (κ1) is 19.7. The van der Waals surface area contributed by atoms with Crippen LogP contribution in [-0.2, 0) is 21.0 Å². The van der Waals surface area contributed by atoms with Gasteiger partial charge >= 0.3 is 5.97 Å². The Kier molecular flexibility index (Phi) is 6.14. The third-order valence-corrected chi connectivity index (χ3v) is 4.91. The smallest absolute Gasteiger partial charge is 0.310 e. The monoisotopic (exact) mass is 379 g/mol. The zero-order chi connectivity index (χ0) is 20.0. The van der Waals surface area contributed by atoms with Crippen LogP contribution in [0, 0.1) is 17.3 Å². The molecule has 0 radical (unpaired) electrons. The summed E-state index contributed by atoms with van der Waals surface area (Å²) in [5, 5.41) is 3.90. The zero-order valence-corrected chi connectivity index (χ0v) is 16.2. The summed E-state index contributed by atoms with van der Waals surface area (Å²) in [4.78, 5) is 17.5. The number of esters is 1. The van der Waals surface area contributed by atoms with Crippen LogP contribution in [0.25, 0.3) is 0 Å². The van der Waals surface area contributed by atoms with Gasteiger partial charge in [-0.25, -0.2) is 0 Å². The third-order valence-electron chi connectivity index (χ3n) is 4.91. The molecule has 0 N–H and O–H groups in total. The van der Waals surface area contributed by atoms with Gasteiger partial charge in [0.2, 0.25) is 0 Å². The molecule has 5 nitrogen and oxygen atoms in total. The summed E-state index contributed by atoms with van der Waals surface area (Å²) in [5.74, 6) is 1.04. The highest BCUT2D eigenvalue weighted by molar-refractivity contribution is 5.85. The zero-order valence-electron chi connectivity index (χ0n) is 16.2. The molecular weight excluding hydrogens is 354 g/mol. The topological polar surface area (TPSA) is 57.1 Å². The molecule has 2 aromatic rings. The summed E-state index contributed by atoms with van der Waals surface area (Å²) in [6.45, 7) is 8.17. The Morgan fingerprint density at radius 3 is 2.64 bits per heavy atom. The van der Waals surface area contributed by atoms with E-state index in [9.17, 15) is 4.79 Å². The lowest BCUT2D eigenvalue weighted by Gasteiger charge is -2.09. The molecule has 0 aliphatic heterocycles. The fourth-order valence-electron chi connectivity index (χ4n) is 3.18. The summed E-state index contributed by atoms with van der Waals surface area (Å²) in [7, 11) is 0. The number of carbonyl (C=O) groups excluding carboxylic acids is 1. The maximum atomic E-state index is 12.5. The molecule has 1 saturated carbocycles. The predicted molar refractivity (Wildman–Crippen MR) is 108 cm³/mol. The van der Waals surface area contributed by atoms with Gasteiger partial charge in [-0.2, -0.15) is 0 Å². The van der Waals surface area contributed by atoms with Crippen molar-refractivity contribution in [2.45, 2.75) is 20.5 Å². The molecule has 2 atom stereocenters. The maximum absolute atomic E-state index is 12.5. The van der Waals surface area contributed by atoms with Crippen molar-refractivity contribution in [3.63, 3.8) is 0 Å². The van der Waals surface area contributed by atoms with Gasteiger partial charge in [-0.1, -0.05) is 62.0 Å². The normalized spacial score (nSPS) is 19.8. The lowest BCUT2D eigenvalue weighted by Crippen LogP contribution is -2.10. The highest BCUT2D eigenvalue weighted by atomic mass is 16.6. The number of hydrogen-bond acceptors (Lipinski definition) is 5. The standard InChI is InChI=1S/C23H25NO4/c1-4-13-27-24-15-20-21(23(20,2)3)22(25)26-16-17-9-8-12-19(14-17)28-18-10-6-5-7-11-18/h4-12,14-15,20-21H,1,13,16H2,2-3H3/t20-,21-/m0/s1. The second-order valence-corrected chi connectivity index (χ2v) is 7.33. The van der Waals surface area contributed by atoms with Crippen molar-refractivity contribution in [1.29, 1.82) is 0 Å².